The summed E-state index contributed by atoms with van der Waals surface area (Å²) in [6.45, 7) is 2.14. The lowest BCUT2D eigenvalue weighted by Crippen LogP contribution is -2.10. The number of fused-ring (bicyclic) bond motifs is 1. The lowest BCUT2D eigenvalue weighted by atomic mass is 9.93. The highest BCUT2D eigenvalue weighted by Gasteiger charge is 2.15. The van der Waals surface area contributed by atoms with Crippen LogP contribution in [0.2, 0.25) is 0 Å². The van der Waals surface area contributed by atoms with Crippen molar-refractivity contribution in [3.63, 3.8) is 0 Å². The van der Waals surface area contributed by atoms with Gasteiger partial charge in [0.25, 0.3) is 0 Å². The second-order valence-corrected chi connectivity index (χ2v) is 12.9. The molecule has 8 aromatic rings. The van der Waals surface area contributed by atoms with Gasteiger partial charge >= 0.3 is 0 Å². The molecule has 51 heavy (non-hydrogen) atoms. The Morgan fingerprint density at radius 1 is 0.412 bits per heavy atom. The van der Waals surface area contributed by atoms with E-state index in [0.29, 0.717) is 0 Å². The predicted molar refractivity (Wildman–Crippen MR) is 219 cm³/mol. The number of hydrogen-bond donors (Lipinski definition) is 0. The van der Waals surface area contributed by atoms with E-state index in [4.69, 9.17) is 0 Å². The summed E-state index contributed by atoms with van der Waals surface area (Å²) >= 11 is 0. The third-order valence-corrected chi connectivity index (χ3v) is 9.75. The zero-order valence-corrected chi connectivity index (χ0v) is 28.8. The average molecular weight is 654 g/mol. The van der Waals surface area contributed by atoms with Gasteiger partial charge in [-0.3, -0.25) is 0 Å². The van der Waals surface area contributed by atoms with Gasteiger partial charge in [0.15, 0.2) is 0 Å². The van der Waals surface area contributed by atoms with E-state index < -0.39 is 0 Å². The molecule has 0 N–H and O–H groups in total. The van der Waals surface area contributed by atoms with Crippen LogP contribution in [0.5, 0.6) is 0 Å². The Balaban J connectivity index is 1.11. The molecule has 0 aliphatic rings. The van der Waals surface area contributed by atoms with Gasteiger partial charge in [0.1, 0.15) is 0 Å². The van der Waals surface area contributed by atoms with Crippen LogP contribution in [0, 0.1) is 0 Å². The van der Waals surface area contributed by atoms with E-state index in [9.17, 15) is 0 Å². The van der Waals surface area contributed by atoms with E-state index in [1.165, 1.54) is 60.9 Å². The zero-order chi connectivity index (χ0) is 34.4. The fraction of sp³-hybridized carbons (Fsp3) is 0.0400. The number of anilines is 3. The van der Waals surface area contributed by atoms with Crippen LogP contribution in [-0.2, 0) is 6.42 Å². The van der Waals surface area contributed by atoms with Gasteiger partial charge in [0.05, 0.1) is 0 Å². The minimum absolute atomic E-state index is 0.901. The zero-order valence-electron chi connectivity index (χ0n) is 28.8. The monoisotopic (exact) mass is 653 g/mol. The number of rotatable bonds is 9. The van der Waals surface area contributed by atoms with Crippen molar-refractivity contribution in [2.45, 2.75) is 13.3 Å². The number of hydrogen-bond acceptors (Lipinski definition) is 1. The van der Waals surface area contributed by atoms with Crippen molar-refractivity contribution in [3.8, 4) is 33.4 Å². The number of benzene rings is 8. The van der Waals surface area contributed by atoms with Crippen LogP contribution in [0.3, 0.4) is 0 Å². The van der Waals surface area contributed by atoms with Crippen LogP contribution in [-0.4, -0.2) is 0 Å². The molecule has 0 aromatic heterocycles. The molecule has 0 aliphatic heterocycles. The maximum absolute atomic E-state index is 2.36. The standard InChI is InChI=1S/C50H39N/c1-2-37(34-46-22-11-19-43-18-9-10-25-50(43)46)40-26-28-41(29-27-40)42-30-32-47(33-31-42)51(48-23-12-20-44(35-48)38-14-5-3-6-15-38)49-24-13-21-45(36-49)39-16-7-4-8-17-39/h2-33,35-36H,34H2,1H3/b37-2-. The first-order chi connectivity index (χ1) is 25.2. The third kappa shape index (κ3) is 6.88. The van der Waals surface area contributed by atoms with E-state index in [1.54, 1.807) is 0 Å². The van der Waals surface area contributed by atoms with Crippen molar-refractivity contribution in [1.82, 2.24) is 0 Å². The molecule has 1 heteroatoms. The highest BCUT2D eigenvalue weighted by atomic mass is 15.1. The van der Waals surface area contributed by atoms with Crippen LogP contribution in [0.4, 0.5) is 17.1 Å². The Labute approximate surface area is 301 Å². The smallest absolute Gasteiger partial charge is 0.0467 e. The maximum Gasteiger partial charge on any atom is 0.0467 e. The molecule has 8 aromatic carbocycles. The number of allylic oxidation sites excluding steroid dienone is 2. The lowest BCUT2D eigenvalue weighted by Gasteiger charge is -2.27. The first-order valence-electron chi connectivity index (χ1n) is 17.7. The van der Waals surface area contributed by atoms with Crippen LogP contribution in [0.25, 0.3) is 49.7 Å². The van der Waals surface area contributed by atoms with E-state index in [0.717, 1.165) is 23.5 Å². The molecule has 0 fully saturated rings. The molecule has 0 atom stereocenters. The summed E-state index contributed by atoms with van der Waals surface area (Å²) in [5.41, 5.74) is 14.5. The van der Waals surface area contributed by atoms with Gasteiger partial charge in [-0.25, -0.2) is 0 Å². The fourth-order valence-corrected chi connectivity index (χ4v) is 7.06. The van der Waals surface area contributed by atoms with Crippen LogP contribution in [0.1, 0.15) is 18.1 Å². The normalized spacial score (nSPS) is 11.4. The summed E-state index contributed by atoms with van der Waals surface area (Å²) in [5, 5.41) is 2.61. The largest absolute Gasteiger partial charge is 0.310 e. The van der Waals surface area contributed by atoms with Crippen molar-refractivity contribution >= 4 is 33.4 Å². The number of nitrogens with zero attached hydrogens (tertiary/aromatic N) is 1. The van der Waals surface area contributed by atoms with Gasteiger partial charge < -0.3 is 4.90 Å². The Bertz CT molecular complexity index is 2330. The molecule has 0 unspecified atom stereocenters. The Kier molecular flexibility index (Phi) is 9.09. The predicted octanol–water partition coefficient (Wildman–Crippen LogP) is 14.0. The maximum atomic E-state index is 2.36. The van der Waals surface area contributed by atoms with E-state index in [2.05, 4.69) is 218 Å². The second kappa shape index (κ2) is 14.6. The van der Waals surface area contributed by atoms with Gasteiger partial charge in [0, 0.05) is 17.1 Å². The van der Waals surface area contributed by atoms with Gasteiger partial charge in [-0.1, -0.05) is 170 Å². The van der Waals surface area contributed by atoms with Gasteiger partial charge in [-0.05, 0) is 111 Å². The molecule has 0 bridgehead atoms. The summed E-state index contributed by atoms with van der Waals surface area (Å²) in [4.78, 5) is 2.36. The van der Waals surface area contributed by atoms with Crippen molar-refractivity contribution in [1.29, 1.82) is 0 Å². The summed E-state index contributed by atoms with van der Waals surface area (Å²) in [7, 11) is 0. The summed E-state index contributed by atoms with van der Waals surface area (Å²) in [6, 6.07) is 72.1. The first kappa shape index (κ1) is 31.8. The fourth-order valence-electron chi connectivity index (χ4n) is 7.06. The Morgan fingerprint density at radius 3 is 1.47 bits per heavy atom. The summed E-state index contributed by atoms with van der Waals surface area (Å²) in [6.07, 6.45) is 3.15. The quantitative estimate of drug-likeness (QED) is 0.150. The van der Waals surface area contributed by atoms with Crippen LogP contribution < -0.4 is 4.90 Å². The second-order valence-electron chi connectivity index (χ2n) is 12.9. The van der Waals surface area contributed by atoms with Gasteiger partial charge in [0.2, 0.25) is 0 Å². The Hall–Kier alpha value is -6.44. The van der Waals surface area contributed by atoms with Crippen LogP contribution in [0.15, 0.2) is 206 Å². The molecule has 0 spiro atoms. The minimum atomic E-state index is 0.901. The molecule has 0 heterocycles. The van der Waals surface area contributed by atoms with Gasteiger partial charge in [-0.15, -0.1) is 0 Å². The van der Waals surface area contributed by atoms with E-state index in [1.807, 2.05) is 0 Å². The molecule has 0 radical (unpaired) electrons. The van der Waals surface area contributed by atoms with E-state index in [-0.39, 0.29) is 0 Å². The van der Waals surface area contributed by atoms with Crippen molar-refractivity contribution in [2.24, 2.45) is 0 Å². The topological polar surface area (TPSA) is 3.24 Å². The lowest BCUT2D eigenvalue weighted by molar-refractivity contribution is 1.28. The average Bonchev–Trinajstić information content (AvgIpc) is 3.21. The summed E-state index contributed by atoms with van der Waals surface area (Å²) < 4.78 is 0. The molecule has 0 amide bonds. The van der Waals surface area contributed by atoms with Gasteiger partial charge in [-0.2, -0.15) is 0 Å². The summed E-state index contributed by atoms with van der Waals surface area (Å²) in [5.74, 6) is 0. The van der Waals surface area contributed by atoms with Crippen molar-refractivity contribution < 1.29 is 0 Å². The van der Waals surface area contributed by atoms with Crippen molar-refractivity contribution in [2.75, 3.05) is 4.90 Å². The van der Waals surface area contributed by atoms with Crippen LogP contribution >= 0.6 is 0 Å². The molecule has 1 nitrogen and oxygen atoms in total. The molecule has 8 rings (SSSR count). The molecule has 0 saturated carbocycles. The SMILES string of the molecule is C/C=C(/Cc1cccc2ccccc12)c1ccc(-c2ccc(N(c3cccc(-c4ccccc4)c3)c3cccc(-c4ccccc4)c3)cc2)cc1. The molecule has 0 aliphatic carbocycles. The first-order valence-corrected chi connectivity index (χ1v) is 17.7. The molecule has 0 saturated heterocycles. The highest BCUT2D eigenvalue weighted by molar-refractivity contribution is 5.88. The molecular formula is C50H39N. The highest BCUT2D eigenvalue weighted by Crippen LogP contribution is 2.39. The molecule has 244 valence electrons. The van der Waals surface area contributed by atoms with E-state index >= 15 is 0 Å². The third-order valence-electron chi connectivity index (χ3n) is 9.75. The van der Waals surface area contributed by atoms with Crippen molar-refractivity contribution in [3.05, 3.63) is 217 Å². The molecular weight excluding hydrogens is 615 g/mol. The minimum Gasteiger partial charge on any atom is -0.310 e. The Morgan fingerprint density at radius 2 is 0.882 bits per heavy atom.